The molecule has 3 rings (SSSR count). The van der Waals surface area contributed by atoms with Crippen molar-refractivity contribution in [2.75, 3.05) is 44.2 Å². The summed E-state index contributed by atoms with van der Waals surface area (Å²) in [7, 11) is 0. The summed E-state index contributed by atoms with van der Waals surface area (Å²) < 4.78 is 0. The van der Waals surface area contributed by atoms with E-state index in [1.807, 2.05) is 29.2 Å². The third-order valence-corrected chi connectivity index (χ3v) is 5.77. The molecule has 5 nitrogen and oxygen atoms in total. The fourth-order valence-corrected chi connectivity index (χ4v) is 4.17. The van der Waals surface area contributed by atoms with Crippen LogP contribution in [0, 0.1) is 17.2 Å². The molecule has 0 bridgehead atoms. The van der Waals surface area contributed by atoms with E-state index in [2.05, 4.69) is 30.7 Å². The maximum atomic E-state index is 13.2. The van der Waals surface area contributed by atoms with Crippen molar-refractivity contribution in [3.63, 3.8) is 0 Å². The van der Waals surface area contributed by atoms with Crippen molar-refractivity contribution in [1.29, 1.82) is 5.26 Å². The summed E-state index contributed by atoms with van der Waals surface area (Å²) in [4.78, 5) is 19.2. The van der Waals surface area contributed by atoms with Gasteiger partial charge in [-0.05, 0) is 61.2 Å². The van der Waals surface area contributed by atoms with Crippen LogP contribution in [0.5, 0.6) is 0 Å². The van der Waals surface area contributed by atoms with Crippen LogP contribution in [0.2, 0.25) is 0 Å². The average Bonchev–Trinajstić information content (AvgIpc) is 2.77. The van der Waals surface area contributed by atoms with E-state index in [-0.39, 0.29) is 6.03 Å². The maximum Gasteiger partial charge on any atom is 0.325 e. The summed E-state index contributed by atoms with van der Waals surface area (Å²) in [6.07, 6.45) is 7.84. The lowest BCUT2D eigenvalue weighted by Gasteiger charge is -2.40. The van der Waals surface area contributed by atoms with Crippen LogP contribution in [-0.4, -0.2) is 55.1 Å². The van der Waals surface area contributed by atoms with E-state index < -0.39 is 0 Å². The molecule has 156 valence electrons. The molecule has 0 radical (unpaired) electrons. The fourth-order valence-electron chi connectivity index (χ4n) is 4.17. The highest BCUT2D eigenvalue weighted by molar-refractivity contribution is 5.94. The lowest BCUT2D eigenvalue weighted by atomic mass is 9.95. The number of likely N-dealkylation sites (tertiary alicyclic amines) is 1. The molecule has 2 heterocycles. The number of piperidine rings is 1. The number of allylic oxidation sites excluding steroid dienone is 2. The van der Waals surface area contributed by atoms with Gasteiger partial charge in [0, 0.05) is 25.3 Å². The van der Waals surface area contributed by atoms with Crippen molar-refractivity contribution < 1.29 is 4.79 Å². The number of carbonyl (C=O) groups is 1. The van der Waals surface area contributed by atoms with Gasteiger partial charge in [0.25, 0.3) is 0 Å². The third-order valence-electron chi connectivity index (χ3n) is 5.77. The van der Waals surface area contributed by atoms with Gasteiger partial charge in [-0.25, -0.2) is 4.79 Å². The highest BCUT2D eigenvalue weighted by atomic mass is 16.2. The molecule has 5 heteroatoms. The predicted molar refractivity (Wildman–Crippen MR) is 122 cm³/mol. The number of hydrogen-bond donors (Lipinski definition) is 0. The Morgan fingerprint density at radius 3 is 2.67 bits per heavy atom. The van der Waals surface area contributed by atoms with Gasteiger partial charge in [-0.3, -0.25) is 9.80 Å². The zero-order valence-corrected chi connectivity index (χ0v) is 17.6. The zero-order valence-electron chi connectivity index (χ0n) is 17.6. The molecule has 0 unspecified atom stereocenters. The molecular weight excluding hydrogens is 372 g/mol. The molecule has 30 heavy (non-hydrogen) atoms. The first-order chi connectivity index (χ1) is 14.5. The number of urea groups is 1. The first kappa shape index (κ1) is 21.6. The number of rotatable bonds is 7. The quantitative estimate of drug-likeness (QED) is 0.503. The molecule has 0 aliphatic carbocycles. The second-order valence-electron chi connectivity index (χ2n) is 8.06. The number of anilines is 1. The van der Waals surface area contributed by atoms with Crippen molar-refractivity contribution in [3.8, 4) is 6.07 Å². The SMILES string of the molecule is C=CC=C(C=C)CN1CCC(CN2CC(=C)CN(c3cccc(C#N)c3)C2=O)CC1. The van der Waals surface area contributed by atoms with Crippen molar-refractivity contribution in [3.05, 3.63) is 78.9 Å². The second kappa shape index (κ2) is 10.1. The highest BCUT2D eigenvalue weighted by Crippen LogP contribution is 2.26. The number of hydrogen-bond acceptors (Lipinski definition) is 3. The standard InChI is InChI=1S/C25H30N4O/c1-4-7-21(5-2)18-27-12-10-22(11-13-27)19-28-16-20(3)17-29(25(28)30)24-9-6-8-23(14-24)15-26/h4-9,14,22H,1-3,10-13,16-19H2. The van der Waals surface area contributed by atoms with E-state index in [9.17, 15) is 4.79 Å². The molecule has 2 aliphatic rings. The molecule has 1 aromatic rings. The Morgan fingerprint density at radius 2 is 2.00 bits per heavy atom. The third kappa shape index (κ3) is 5.28. The smallest absolute Gasteiger partial charge is 0.320 e. The van der Waals surface area contributed by atoms with Crippen molar-refractivity contribution >= 4 is 11.7 Å². The van der Waals surface area contributed by atoms with E-state index >= 15 is 0 Å². The minimum absolute atomic E-state index is 0.00257. The van der Waals surface area contributed by atoms with E-state index in [0.717, 1.165) is 50.3 Å². The summed E-state index contributed by atoms with van der Waals surface area (Å²) >= 11 is 0. The molecular formula is C25H30N4O. The number of nitrogens with zero attached hydrogens (tertiary/aromatic N) is 4. The van der Waals surface area contributed by atoms with E-state index in [4.69, 9.17) is 5.26 Å². The molecule has 0 atom stereocenters. The molecule has 1 aromatic carbocycles. The summed E-state index contributed by atoms with van der Waals surface area (Å²) in [6.45, 7) is 16.6. The lowest BCUT2D eigenvalue weighted by Crippen LogP contribution is -2.52. The molecule has 2 amide bonds. The van der Waals surface area contributed by atoms with Crippen LogP contribution >= 0.6 is 0 Å². The minimum Gasteiger partial charge on any atom is -0.320 e. The van der Waals surface area contributed by atoms with Gasteiger partial charge in [-0.15, -0.1) is 0 Å². The Kier molecular flexibility index (Phi) is 7.26. The summed E-state index contributed by atoms with van der Waals surface area (Å²) in [5.74, 6) is 0.485. The van der Waals surface area contributed by atoms with Crippen LogP contribution in [0.1, 0.15) is 18.4 Å². The molecule has 0 aromatic heterocycles. The van der Waals surface area contributed by atoms with Crippen LogP contribution in [0.25, 0.3) is 0 Å². The van der Waals surface area contributed by atoms with Gasteiger partial charge < -0.3 is 4.90 Å². The largest absolute Gasteiger partial charge is 0.325 e. The summed E-state index contributed by atoms with van der Waals surface area (Å²) in [5.41, 5.74) is 3.51. The molecule has 0 spiro atoms. The Morgan fingerprint density at radius 1 is 1.23 bits per heavy atom. The topological polar surface area (TPSA) is 50.6 Å². The number of amides is 2. The van der Waals surface area contributed by atoms with Gasteiger partial charge in [0.2, 0.25) is 0 Å². The fraction of sp³-hybridized carbons (Fsp3) is 0.360. The van der Waals surface area contributed by atoms with Crippen LogP contribution < -0.4 is 4.90 Å². The van der Waals surface area contributed by atoms with Gasteiger partial charge in [-0.1, -0.05) is 44.0 Å². The van der Waals surface area contributed by atoms with Gasteiger partial charge in [0.1, 0.15) is 0 Å². The Bertz CT molecular complexity index is 887. The van der Waals surface area contributed by atoms with Gasteiger partial charge in [0.15, 0.2) is 0 Å². The van der Waals surface area contributed by atoms with Gasteiger partial charge in [0.05, 0.1) is 18.2 Å². The van der Waals surface area contributed by atoms with Crippen LogP contribution in [0.15, 0.2) is 73.4 Å². The van der Waals surface area contributed by atoms with Crippen LogP contribution in [0.4, 0.5) is 10.5 Å². The molecule has 2 aliphatic heterocycles. The highest BCUT2D eigenvalue weighted by Gasteiger charge is 2.31. The van der Waals surface area contributed by atoms with Crippen LogP contribution in [-0.2, 0) is 0 Å². The number of carbonyl (C=O) groups excluding carboxylic acids is 1. The Hall–Kier alpha value is -3.10. The Balaban J connectivity index is 1.60. The monoisotopic (exact) mass is 402 g/mol. The molecule has 2 fully saturated rings. The lowest BCUT2D eigenvalue weighted by molar-refractivity contribution is 0.155. The number of benzene rings is 1. The van der Waals surface area contributed by atoms with Crippen molar-refractivity contribution in [2.24, 2.45) is 5.92 Å². The molecule has 0 N–H and O–H groups in total. The van der Waals surface area contributed by atoms with Gasteiger partial charge >= 0.3 is 6.03 Å². The maximum absolute atomic E-state index is 13.2. The van der Waals surface area contributed by atoms with E-state index in [1.54, 1.807) is 23.1 Å². The minimum atomic E-state index is 0.00257. The van der Waals surface area contributed by atoms with Crippen molar-refractivity contribution in [2.45, 2.75) is 12.8 Å². The normalized spacial score (nSPS) is 19.0. The second-order valence-corrected chi connectivity index (χ2v) is 8.06. The average molecular weight is 403 g/mol. The van der Waals surface area contributed by atoms with Crippen molar-refractivity contribution in [1.82, 2.24) is 9.80 Å². The van der Waals surface area contributed by atoms with E-state index in [1.165, 1.54) is 5.57 Å². The Labute approximate surface area is 179 Å². The van der Waals surface area contributed by atoms with Gasteiger partial charge in [-0.2, -0.15) is 5.26 Å². The predicted octanol–water partition coefficient (Wildman–Crippen LogP) is 4.37. The summed E-state index contributed by atoms with van der Waals surface area (Å²) in [6, 6.07) is 9.36. The first-order valence-corrected chi connectivity index (χ1v) is 10.4. The van der Waals surface area contributed by atoms with E-state index in [0.29, 0.717) is 24.6 Å². The molecule has 2 saturated heterocycles. The summed E-state index contributed by atoms with van der Waals surface area (Å²) in [5, 5.41) is 9.17. The zero-order chi connectivity index (χ0) is 21.5. The first-order valence-electron chi connectivity index (χ1n) is 10.4. The number of nitriles is 1. The van der Waals surface area contributed by atoms with Crippen LogP contribution in [0.3, 0.4) is 0 Å². The molecule has 0 saturated carbocycles.